The van der Waals surface area contributed by atoms with Crippen molar-refractivity contribution in [3.8, 4) is 0 Å². The molecule has 0 amide bonds. The van der Waals surface area contributed by atoms with Crippen LogP contribution in [0.1, 0.15) is 38.5 Å². The predicted molar refractivity (Wildman–Crippen MR) is 70.0 cm³/mol. The molecule has 0 aliphatic heterocycles. The third kappa shape index (κ3) is 10.4. The zero-order chi connectivity index (χ0) is 16.4. The Morgan fingerprint density at radius 1 is 0.952 bits per heavy atom. The molecule has 0 rings (SSSR count). The summed E-state index contributed by atoms with van der Waals surface area (Å²) in [6.45, 7) is 0. The molecule has 6 N–H and O–H groups in total. The SMILES string of the molecule is NC(CCC(=O)O)CC(=O)OC(=O)CCCC(N)C(=O)O. The van der Waals surface area contributed by atoms with Gasteiger partial charge in [-0.1, -0.05) is 0 Å². The highest BCUT2D eigenvalue weighted by Gasteiger charge is 2.17. The lowest BCUT2D eigenvalue weighted by atomic mass is 10.1. The van der Waals surface area contributed by atoms with Crippen LogP contribution in [0.5, 0.6) is 0 Å². The molecule has 0 aliphatic carbocycles. The molecule has 0 bridgehead atoms. The van der Waals surface area contributed by atoms with Gasteiger partial charge in [0.05, 0.1) is 6.42 Å². The largest absolute Gasteiger partial charge is 0.481 e. The second-order valence-corrected chi connectivity index (χ2v) is 4.58. The maximum absolute atomic E-state index is 11.3. The highest BCUT2D eigenvalue weighted by atomic mass is 16.6. The van der Waals surface area contributed by atoms with Crippen LogP contribution in [0.2, 0.25) is 0 Å². The van der Waals surface area contributed by atoms with Crippen molar-refractivity contribution in [1.82, 2.24) is 0 Å². The number of carboxylic acid groups (broad SMARTS) is 2. The highest BCUT2D eigenvalue weighted by Crippen LogP contribution is 2.04. The van der Waals surface area contributed by atoms with E-state index >= 15 is 0 Å². The molecule has 0 saturated heterocycles. The second-order valence-electron chi connectivity index (χ2n) is 4.58. The lowest BCUT2D eigenvalue weighted by Gasteiger charge is -2.09. The van der Waals surface area contributed by atoms with Crippen LogP contribution < -0.4 is 11.5 Å². The number of aliphatic carboxylic acids is 2. The Morgan fingerprint density at radius 3 is 2.10 bits per heavy atom. The molecule has 0 aliphatic rings. The van der Waals surface area contributed by atoms with Crippen LogP contribution in [0, 0.1) is 0 Å². The zero-order valence-corrected chi connectivity index (χ0v) is 11.5. The van der Waals surface area contributed by atoms with E-state index in [4.69, 9.17) is 21.7 Å². The Balaban J connectivity index is 3.86. The fraction of sp³-hybridized carbons (Fsp3) is 0.667. The topological polar surface area (TPSA) is 170 Å². The number of ether oxygens (including phenoxy) is 1. The Morgan fingerprint density at radius 2 is 1.57 bits per heavy atom. The fourth-order valence-electron chi connectivity index (χ4n) is 1.43. The molecule has 0 radical (unpaired) electrons. The van der Waals surface area contributed by atoms with Crippen LogP contribution in [-0.2, 0) is 23.9 Å². The third-order valence-corrected chi connectivity index (χ3v) is 2.60. The van der Waals surface area contributed by atoms with Gasteiger partial charge in [0, 0.05) is 18.9 Å². The second kappa shape index (κ2) is 9.83. The van der Waals surface area contributed by atoms with E-state index in [1.807, 2.05) is 0 Å². The van der Waals surface area contributed by atoms with E-state index in [2.05, 4.69) is 4.74 Å². The van der Waals surface area contributed by atoms with Gasteiger partial charge >= 0.3 is 23.9 Å². The van der Waals surface area contributed by atoms with Gasteiger partial charge in [0.15, 0.2) is 0 Å². The number of esters is 2. The van der Waals surface area contributed by atoms with E-state index in [0.29, 0.717) is 0 Å². The summed E-state index contributed by atoms with van der Waals surface area (Å²) in [7, 11) is 0. The van der Waals surface area contributed by atoms with Gasteiger partial charge in [0.1, 0.15) is 6.04 Å². The van der Waals surface area contributed by atoms with Gasteiger partial charge < -0.3 is 26.4 Å². The Kier molecular flexibility index (Phi) is 8.90. The first-order valence-electron chi connectivity index (χ1n) is 6.41. The summed E-state index contributed by atoms with van der Waals surface area (Å²) in [6, 6.07) is -1.75. The minimum Gasteiger partial charge on any atom is -0.481 e. The van der Waals surface area contributed by atoms with Crippen LogP contribution in [0.3, 0.4) is 0 Å². The maximum atomic E-state index is 11.3. The molecule has 9 nitrogen and oxygen atoms in total. The van der Waals surface area contributed by atoms with Crippen LogP contribution in [0.15, 0.2) is 0 Å². The summed E-state index contributed by atoms with van der Waals surface area (Å²) in [5.74, 6) is -3.81. The van der Waals surface area contributed by atoms with Gasteiger partial charge in [-0.15, -0.1) is 0 Å². The van der Waals surface area contributed by atoms with Crippen LogP contribution in [-0.4, -0.2) is 46.2 Å². The molecule has 0 fully saturated rings. The Hall–Kier alpha value is -2.00. The van der Waals surface area contributed by atoms with E-state index in [9.17, 15) is 19.2 Å². The zero-order valence-electron chi connectivity index (χ0n) is 11.5. The molecule has 120 valence electrons. The third-order valence-electron chi connectivity index (χ3n) is 2.60. The smallest absolute Gasteiger partial charge is 0.320 e. The molecule has 21 heavy (non-hydrogen) atoms. The quantitative estimate of drug-likeness (QED) is 0.298. The van der Waals surface area contributed by atoms with Gasteiger partial charge in [-0.25, -0.2) is 0 Å². The summed E-state index contributed by atoms with van der Waals surface area (Å²) >= 11 is 0. The highest BCUT2D eigenvalue weighted by molar-refractivity contribution is 5.85. The molecule has 0 saturated carbocycles. The number of rotatable bonds is 10. The Labute approximate surface area is 121 Å². The van der Waals surface area contributed by atoms with Gasteiger partial charge in [0.2, 0.25) is 0 Å². The van der Waals surface area contributed by atoms with Crippen molar-refractivity contribution in [2.75, 3.05) is 0 Å². The Bertz CT molecular complexity index is 397. The van der Waals surface area contributed by atoms with Crippen LogP contribution in [0.4, 0.5) is 0 Å². The van der Waals surface area contributed by atoms with Crippen molar-refractivity contribution in [3.63, 3.8) is 0 Å². The summed E-state index contributed by atoms with van der Waals surface area (Å²) < 4.78 is 4.48. The number of nitrogens with two attached hydrogens (primary N) is 2. The lowest BCUT2D eigenvalue weighted by molar-refractivity contribution is -0.160. The lowest BCUT2D eigenvalue weighted by Crippen LogP contribution is -2.30. The van der Waals surface area contributed by atoms with E-state index in [1.54, 1.807) is 0 Å². The number of carbonyl (C=O) groups is 4. The van der Waals surface area contributed by atoms with Crippen molar-refractivity contribution in [3.05, 3.63) is 0 Å². The summed E-state index contributed by atoms with van der Waals surface area (Å²) in [5.41, 5.74) is 10.8. The van der Waals surface area contributed by atoms with Crippen LogP contribution >= 0.6 is 0 Å². The number of hydrogen-bond donors (Lipinski definition) is 4. The fourth-order valence-corrected chi connectivity index (χ4v) is 1.43. The van der Waals surface area contributed by atoms with Gasteiger partial charge in [-0.3, -0.25) is 19.2 Å². The van der Waals surface area contributed by atoms with Crippen molar-refractivity contribution >= 4 is 23.9 Å². The van der Waals surface area contributed by atoms with Crippen molar-refractivity contribution in [2.24, 2.45) is 11.5 Å². The standard InChI is InChI=1S/C12H20N2O7/c13-7(4-5-9(15)16)6-11(18)21-10(17)3-1-2-8(14)12(19)20/h7-8H,1-6,13-14H2,(H,15,16)(H,19,20). The molecular formula is C12H20N2O7. The van der Waals surface area contributed by atoms with E-state index in [1.165, 1.54) is 0 Å². The first-order valence-corrected chi connectivity index (χ1v) is 6.41. The number of hydrogen-bond acceptors (Lipinski definition) is 7. The first-order chi connectivity index (χ1) is 9.72. The van der Waals surface area contributed by atoms with Crippen LogP contribution in [0.25, 0.3) is 0 Å². The van der Waals surface area contributed by atoms with Gasteiger partial charge in [-0.2, -0.15) is 0 Å². The molecule has 0 aromatic carbocycles. The molecule has 2 unspecified atom stereocenters. The number of carbonyl (C=O) groups excluding carboxylic acids is 2. The monoisotopic (exact) mass is 304 g/mol. The molecule has 0 aromatic heterocycles. The van der Waals surface area contributed by atoms with Gasteiger partial charge in [0.25, 0.3) is 0 Å². The van der Waals surface area contributed by atoms with Crippen molar-refractivity contribution < 1.29 is 34.1 Å². The normalized spacial score (nSPS) is 13.2. The molecule has 2 atom stereocenters. The summed E-state index contributed by atoms with van der Waals surface area (Å²) in [4.78, 5) is 43.4. The van der Waals surface area contributed by atoms with E-state index in [-0.39, 0.29) is 38.5 Å². The van der Waals surface area contributed by atoms with Crippen molar-refractivity contribution in [1.29, 1.82) is 0 Å². The van der Waals surface area contributed by atoms with E-state index < -0.39 is 36.0 Å². The first kappa shape index (κ1) is 19.0. The number of carboxylic acids is 2. The molecule has 0 spiro atoms. The molecule has 9 heteroatoms. The maximum Gasteiger partial charge on any atom is 0.320 e. The minimum atomic E-state index is -1.16. The average molecular weight is 304 g/mol. The predicted octanol–water partition coefficient (Wildman–Crippen LogP) is -0.779. The summed E-state index contributed by atoms with van der Waals surface area (Å²) in [5, 5.41) is 17.0. The summed E-state index contributed by atoms with van der Waals surface area (Å²) in [6.07, 6.45) is -0.173. The minimum absolute atomic E-state index is 0.0940. The molecule has 0 aromatic rings. The molecule has 0 heterocycles. The molecular weight excluding hydrogens is 284 g/mol. The average Bonchev–Trinajstić information content (AvgIpc) is 2.35. The van der Waals surface area contributed by atoms with Gasteiger partial charge in [-0.05, 0) is 19.3 Å². The van der Waals surface area contributed by atoms with E-state index in [0.717, 1.165) is 0 Å². The van der Waals surface area contributed by atoms with Crippen molar-refractivity contribution in [2.45, 2.75) is 50.6 Å².